The summed E-state index contributed by atoms with van der Waals surface area (Å²) >= 11 is 12.3. The summed E-state index contributed by atoms with van der Waals surface area (Å²) in [5, 5.41) is 45.0. The van der Waals surface area contributed by atoms with Gasteiger partial charge in [-0.25, -0.2) is 0 Å². The van der Waals surface area contributed by atoms with Crippen molar-refractivity contribution < 1.29 is 39.6 Å². The molecule has 0 aromatic carbocycles. The summed E-state index contributed by atoms with van der Waals surface area (Å²) < 4.78 is -5.93. The highest BCUT2D eigenvalue weighted by Crippen LogP contribution is 2.45. The summed E-state index contributed by atoms with van der Waals surface area (Å²) in [7, 11) is 0. The van der Waals surface area contributed by atoms with E-state index < -0.39 is 70.3 Å². The predicted molar refractivity (Wildman–Crippen MR) is 139 cm³/mol. The lowest BCUT2D eigenvalue weighted by molar-refractivity contribution is -0.202. The summed E-state index contributed by atoms with van der Waals surface area (Å²) in [6, 6.07) is 0. The quantitative estimate of drug-likeness (QED) is 0.224. The van der Waals surface area contributed by atoms with Gasteiger partial charge in [0.25, 0.3) is 0 Å². The smallest absolute Gasteiger partial charge is 0.178 e. The van der Waals surface area contributed by atoms with Gasteiger partial charge < -0.3 is 20.4 Å². The Bertz CT molecular complexity index is 651. The monoisotopic (exact) mass is 728 g/mol. The molecule has 0 bridgehead atoms. The summed E-state index contributed by atoms with van der Waals surface area (Å²) in [5.74, 6) is -4.33. The Morgan fingerprint density at radius 3 is 0.667 bits per heavy atom. The molecule has 4 atom stereocenters. The molecule has 0 saturated heterocycles. The van der Waals surface area contributed by atoms with Crippen molar-refractivity contribution in [3.8, 4) is 0 Å². The molecule has 0 aromatic rings. The molecule has 0 fully saturated rings. The number of rotatable bonds is 12. The Kier molecular flexibility index (Phi) is 11.0. The lowest BCUT2D eigenvalue weighted by atomic mass is 9.60. The Morgan fingerprint density at radius 1 is 0.455 bits per heavy atom. The van der Waals surface area contributed by atoms with Crippen LogP contribution < -0.4 is 0 Å². The van der Waals surface area contributed by atoms with E-state index in [1.165, 1.54) is 55.4 Å². The van der Waals surface area contributed by atoms with E-state index in [1.54, 1.807) is 0 Å². The number of carbonyl (C=O) groups is 4. The van der Waals surface area contributed by atoms with Crippen LogP contribution in [0.4, 0.5) is 0 Å². The van der Waals surface area contributed by atoms with E-state index in [-0.39, 0.29) is 0 Å². The SMILES string of the molecule is CC(C)(Br)C(=O)C(O)C(C(O)C(=O)C(C)(C)Br)(C(O)C(=O)C(C)(C)Br)C(O)C(=O)C(C)(C)Br. The first-order chi connectivity index (χ1) is 14.3. The third-order valence-corrected chi connectivity index (χ3v) is 6.79. The molecule has 0 aliphatic carbocycles. The fraction of sp³-hybridized carbons (Fsp3) is 0.810. The van der Waals surface area contributed by atoms with E-state index in [0.29, 0.717) is 0 Å². The Hall–Kier alpha value is 0.440. The van der Waals surface area contributed by atoms with Gasteiger partial charge in [0, 0.05) is 0 Å². The van der Waals surface area contributed by atoms with Crippen LogP contribution in [0.2, 0.25) is 0 Å². The zero-order valence-electron chi connectivity index (χ0n) is 19.7. The molecule has 0 heterocycles. The Labute approximate surface area is 227 Å². The zero-order valence-corrected chi connectivity index (χ0v) is 26.1. The van der Waals surface area contributed by atoms with E-state index in [0.717, 1.165) is 0 Å². The van der Waals surface area contributed by atoms with Crippen LogP contribution in [-0.2, 0) is 19.2 Å². The van der Waals surface area contributed by atoms with E-state index in [4.69, 9.17) is 0 Å². The maximum atomic E-state index is 13.1. The van der Waals surface area contributed by atoms with Crippen molar-refractivity contribution in [3.05, 3.63) is 0 Å². The normalized spacial score (nSPS) is 19.2. The number of carbonyl (C=O) groups excluding carboxylic acids is 4. The van der Waals surface area contributed by atoms with Gasteiger partial charge in [0.2, 0.25) is 0 Å². The average Bonchev–Trinajstić information content (AvgIpc) is 2.61. The largest absolute Gasteiger partial charge is 0.384 e. The molecule has 33 heavy (non-hydrogen) atoms. The van der Waals surface area contributed by atoms with Gasteiger partial charge in [0.15, 0.2) is 23.1 Å². The molecule has 0 spiro atoms. The molecule has 192 valence electrons. The molecule has 0 aromatic heterocycles. The van der Waals surface area contributed by atoms with Crippen molar-refractivity contribution in [3.63, 3.8) is 0 Å². The Morgan fingerprint density at radius 2 is 0.576 bits per heavy atom. The number of hydrogen-bond donors (Lipinski definition) is 4. The number of aliphatic hydroxyl groups is 4. The minimum atomic E-state index is -3.05. The summed E-state index contributed by atoms with van der Waals surface area (Å²) in [4.78, 5) is 52.6. The van der Waals surface area contributed by atoms with Crippen LogP contribution in [0.25, 0.3) is 0 Å². The minimum Gasteiger partial charge on any atom is -0.384 e. The van der Waals surface area contributed by atoms with Gasteiger partial charge in [-0.2, -0.15) is 0 Å². The summed E-state index contributed by atoms with van der Waals surface area (Å²) in [5.41, 5.74) is -3.05. The van der Waals surface area contributed by atoms with Crippen LogP contribution in [0, 0.1) is 5.41 Å². The lowest BCUT2D eigenvalue weighted by Crippen LogP contribution is -2.72. The molecule has 8 nitrogen and oxygen atoms in total. The molecule has 0 aliphatic rings. The highest BCUT2D eigenvalue weighted by atomic mass is 79.9. The molecule has 0 saturated carbocycles. The molecule has 0 aliphatic heterocycles. The minimum absolute atomic E-state index is 1.08. The average molecular weight is 732 g/mol. The number of halogens is 4. The standard InChI is InChI=1S/C21H32Br4O8/c1-17(2,22)9(26)13(30)21(14(31)10(27)18(3,4)23,15(32)11(28)19(5,6)24)16(33)12(29)20(7,8)25/h13-16,30-33H,1-8H3. The third-order valence-electron chi connectivity index (χ3n) is 5.23. The highest BCUT2D eigenvalue weighted by molar-refractivity contribution is 9.10. The van der Waals surface area contributed by atoms with Crippen molar-refractivity contribution in [2.45, 2.75) is 97.1 Å². The predicted octanol–water partition coefficient (Wildman–Crippen LogP) is 2.39. The molecule has 0 radical (unpaired) electrons. The second-order valence-electron chi connectivity index (χ2n) is 9.96. The zero-order chi connectivity index (χ0) is 27.1. The van der Waals surface area contributed by atoms with Gasteiger partial charge in [-0.15, -0.1) is 0 Å². The lowest BCUT2D eigenvalue weighted by Gasteiger charge is -2.48. The molecule has 0 amide bonds. The molecular weight excluding hydrogens is 700 g/mol. The van der Waals surface area contributed by atoms with Gasteiger partial charge in [0.1, 0.15) is 29.8 Å². The number of Topliss-reactive ketones (excluding diaryl/α,β-unsaturated/α-hetero) is 4. The summed E-state index contributed by atoms with van der Waals surface area (Å²) in [6.07, 6.45) is -10.1. The van der Waals surface area contributed by atoms with Crippen LogP contribution >= 0.6 is 63.7 Å². The number of hydrogen-bond acceptors (Lipinski definition) is 8. The number of aliphatic hydroxyl groups excluding tert-OH is 4. The molecule has 12 heteroatoms. The van der Waals surface area contributed by atoms with Gasteiger partial charge >= 0.3 is 0 Å². The van der Waals surface area contributed by atoms with Crippen LogP contribution in [0.3, 0.4) is 0 Å². The van der Waals surface area contributed by atoms with E-state index in [1.807, 2.05) is 0 Å². The van der Waals surface area contributed by atoms with Gasteiger partial charge in [-0.1, -0.05) is 63.7 Å². The van der Waals surface area contributed by atoms with E-state index >= 15 is 0 Å². The molecule has 4 unspecified atom stereocenters. The van der Waals surface area contributed by atoms with Crippen molar-refractivity contribution in [1.29, 1.82) is 0 Å². The maximum Gasteiger partial charge on any atom is 0.178 e. The topological polar surface area (TPSA) is 149 Å². The maximum absolute atomic E-state index is 13.1. The van der Waals surface area contributed by atoms with Crippen molar-refractivity contribution >= 4 is 86.9 Å². The van der Waals surface area contributed by atoms with Crippen molar-refractivity contribution in [1.82, 2.24) is 0 Å². The molecule has 0 rings (SSSR count). The summed E-state index contributed by atoms with van der Waals surface area (Å²) in [6.45, 7) is 10.8. The first kappa shape index (κ1) is 33.4. The highest BCUT2D eigenvalue weighted by Gasteiger charge is 2.66. The second kappa shape index (κ2) is 10.8. The number of alkyl halides is 4. The Balaban J connectivity index is 7.60. The molecular formula is C21H32Br4O8. The van der Waals surface area contributed by atoms with Crippen molar-refractivity contribution in [2.24, 2.45) is 5.41 Å². The third kappa shape index (κ3) is 7.24. The second-order valence-corrected chi connectivity index (χ2v) is 17.9. The van der Waals surface area contributed by atoms with Crippen LogP contribution in [-0.4, -0.2) is 85.3 Å². The first-order valence-corrected chi connectivity index (χ1v) is 13.1. The van der Waals surface area contributed by atoms with Crippen LogP contribution in [0.15, 0.2) is 0 Å². The van der Waals surface area contributed by atoms with Crippen LogP contribution in [0.5, 0.6) is 0 Å². The number of ketones is 4. The van der Waals surface area contributed by atoms with E-state index in [9.17, 15) is 39.6 Å². The fourth-order valence-electron chi connectivity index (χ4n) is 3.11. The van der Waals surface area contributed by atoms with Gasteiger partial charge in [0.05, 0.1) is 17.3 Å². The van der Waals surface area contributed by atoms with Gasteiger partial charge in [-0.3, -0.25) is 19.2 Å². The molecule has 4 N–H and O–H groups in total. The van der Waals surface area contributed by atoms with Crippen LogP contribution in [0.1, 0.15) is 55.4 Å². The van der Waals surface area contributed by atoms with Crippen molar-refractivity contribution in [2.75, 3.05) is 0 Å². The van der Waals surface area contributed by atoms with Gasteiger partial charge in [-0.05, 0) is 55.4 Å². The fourth-order valence-corrected chi connectivity index (χ4v) is 3.97. The van der Waals surface area contributed by atoms with E-state index in [2.05, 4.69) is 63.7 Å². The first-order valence-electron chi connectivity index (χ1n) is 9.91.